The maximum Gasteiger partial charge on any atom is 0.0828 e. The lowest BCUT2D eigenvalue weighted by Gasteiger charge is -2.30. The molecule has 4 heteroatoms. The van der Waals surface area contributed by atoms with Gasteiger partial charge in [0, 0.05) is 14.6 Å². The van der Waals surface area contributed by atoms with Crippen LogP contribution in [0.25, 0.3) is 0 Å². The number of hydrogen-bond donors (Lipinski definition) is 2. The summed E-state index contributed by atoms with van der Waals surface area (Å²) >= 11 is 6.83. The molecule has 0 amide bonds. The van der Waals surface area contributed by atoms with Gasteiger partial charge in [-0.1, -0.05) is 44.0 Å². The van der Waals surface area contributed by atoms with Crippen LogP contribution in [0, 0.1) is 0 Å². The highest BCUT2D eigenvalue weighted by Gasteiger charge is 2.25. The Labute approximate surface area is 130 Å². The topological polar surface area (TPSA) is 32.3 Å². The van der Waals surface area contributed by atoms with Crippen molar-refractivity contribution in [2.75, 3.05) is 11.9 Å². The molecule has 0 radical (unpaired) electrons. The number of rotatable bonds is 4. The molecule has 2 aromatic rings. The molecule has 100 valence electrons. The average Bonchev–Trinajstić information content (AvgIpc) is 2.42. The molecule has 0 saturated carbocycles. The first-order valence-electron chi connectivity index (χ1n) is 5.94. The number of halogens is 2. The molecule has 2 rings (SSSR count). The zero-order chi connectivity index (χ0) is 13.9. The Morgan fingerprint density at radius 1 is 0.947 bits per heavy atom. The van der Waals surface area contributed by atoms with Crippen molar-refractivity contribution in [2.45, 2.75) is 12.5 Å². The van der Waals surface area contributed by atoms with Gasteiger partial charge in [0.05, 0.1) is 12.1 Å². The van der Waals surface area contributed by atoms with E-state index in [1.165, 1.54) is 0 Å². The molecular formula is C15H15Br2NO. The zero-order valence-electron chi connectivity index (χ0n) is 10.5. The number of benzene rings is 2. The number of aliphatic hydroxyl groups is 1. The van der Waals surface area contributed by atoms with E-state index < -0.39 is 5.54 Å². The van der Waals surface area contributed by atoms with Crippen molar-refractivity contribution in [3.05, 3.63) is 63.0 Å². The third-order valence-electron chi connectivity index (χ3n) is 3.06. The summed E-state index contributed by atoms with van der Waals surface area (Å²) in [6.45, 7) is 2.00. The summed E-state index contributed by atoms with van der Waals surface area (Å²) in [5.74, 6) is 0. The third kappa shape index (κ3) is 3.59. The second-order valence-corrected chi connectivity index (χ2v) is 6.46. The molecule has 1 atom stereocenters. The van der Waals surface area contributed by atoms with Crippen LogP contribution in [0.1, 0.15) is 12.5 Å². The SMILES string of the molecule is CC(CO)(Nc1ccc(Br)cc1)c1ccc(Br)cc1. The Bertz CT molecular complexity index is 539. The van der Waals surface area contributed by atoms with Gasteiger partial charge in [0.25, 0.3) is 0 Å². The molecule has 0 spiro atoms. The molecule has 2 aromatic carbocycles. The van der Waals surface area contributed by atoms with Crippen LogP contribution in [0.5, 0.6) is 0 Å². The van der Waals surface area contributed by atoms with Gasteiger partial charge in [-0.05, 0) is 48.9 Å². The van der Waals surface area contributed by atoms with E-state index in [1.807, 2.05) is 55.5 Å². The van der Waals surface area contributed by atoms with Crippen molar-refractivity contribution in [3.8, 4) is 0 Å². The lowest BCUT2D eigenvalue weighted by molar-refractivity contribution is 0.224. The van der Waals surface area contributed by atoms with E-state index >= 15 is 0 Å². The van der Waals surface area contributed by atoms with Crippen LogP contribution in [-0.4, -0.2) is 11.7 Å². The summed E-state index contributed by atoms with van der Waals surface area (Å²) in [5, 5.41) is 13.1. The zero-order valence-corrected chi connectivity index (χ0v) is 13.7. The van der Waals surface area contributed by atoms with E-state index in [9.17, 15) is 5.11 Å². The highest BCUT2D eigenvalue weighted by molar-refractivity contribution is 9.10. The second kappa shape index (κ2) is 6.07. The van der Waals surface area contributed by atoms with Crippen LogP contribution in [0.15, 0.2) is 57.5 Å². The minimum absolute atomic E-state index is 0.0185. The summed E-state index contributed by atoms with van der Waals surface area (Å²) in [4.78, 5) is 0. The van der Waals surface area contributed by atoms with Crippen LogP contribution in [0.3, 0.4) is 0 Å². The van der Waals surface area contributed by atoms with E-state index in [1.54, 1.807) is 0 Å². The van der Waals surface area contributed by atoms with Gasteiger partial charge in [-0.3, -0.25) is 0 Å². The highest BCUT2D eigenvalue weighted by atomic mass is 79.9. The quantitative estimate of drug-likeness (QED) is 0.811. The van der Waals surface area contributed by atoms with Crippen LogP contribution >= 0.6 is 31.9 Å². The molecule has 0 bridgehead atoms. The Balaban J connectivity index is 2.27. The minimum atomic E-state index is -0.505. The molecule has 0 fully saturated rings. The maximum atomic E-state index is 9.74. The molecule has 2 N–H and O–H groups in total. The molecule has 1 unspecified atom stereocenters. The van der Waals surface area contributed by atoms with E-state index in [4.69, 9.17) is 0 Å². The van der Waals surface area contributed by atoms with Crippen LogP contribution in [0.2, 0.25) is 0 Å². The first-order chi connectivity index (χ1) is 9.03. The Hall–Kier alpha value is -0.840. The van der Waals surface area contributed by atoms with E-state index in [0.29, 0.717) is 0 Å². The largest absolute Gasteiger partial charge is 0.394 e. The highest BCUT2D eigenvalue weighted by Crippen LogP contribution is 2.27. The smallest absolute Gasteiger partial charge is 0.0828 e. The Kier molecular flexibility index (Phi) is 4.66. The number of anilines is 1. The normalized spacial score (nSPS) is 13.9. The van der Waals surface area contributed by atoms with E-state index in [2.05, 4.69) is 37.2 Å². The van der Waals surface area contributed by atoms with Gasteiger partial charge >= 0.3 is 0 Å². The molecule has 0 heterocycles. The van der Waals surface area contributed by atoms with Crippen molar-refractivity contribution in [3.63, 3.8) is 0 Å². The van der Waals surface area contributed by atoms with Crippen molar-refractivity contribution in [1.29, 1.82) is 0 Å². The van der Waals surface area contributed by atoms with Gasteiger partial charge in [-0.15, -0.1) is 0 Å². The van der Waals surface area contributed by atoms with Crippen LogP contribution < -0.4 is 5.32 Å². The van der Waals surface area contributed by atoms with Crippen LogP contribution in [0.4, 0.5) is 5.69 Å². The lowest BCUT2D eigenvalue weighted by Crippen LogP contribution is -2.35. The van der Waals surface area contributed by atoms with Gasteiger partial charge in [-0.25, -0.2) is 0 Å². The van der Waals surface area contributed by atoms with Gasteiger partial charge in [0.1, 0.15) is 0 Å². The number of nitrogens with one attached hydrogen (secondary N) is 1. The van der Waals surface area contributed by atoms with E-state index in [0.717, 1.165) is 20.2 Å². The van der Waals surface area contributed by atoms with Gasteiger partial charge in [-0.2, -0.15) is 0 Å². The monoisotopic (exact) mass is 383 g/mol. The Morgan fingerprint density at radius 3 is 1.89 bits per heavy atom. The van der Waals surface area contributed by atoms with E-state index in [-0.39, 0.29) is 6.61 Å². The summed E-state index contributed by atoms with van der Waals surface area (Å²) in [5.41, 5.74) is 1.51. The first kappa shape index (κ1) is 14.6. The molecule has 0 aliphatic heterocycles. The van der Waals surface area contributed by atoms with Crippen molar-refractivity contribution in [1.82, 2.24) is 0 Å². The molecule has 0 aliphatic rings. The average molecular weight is 385 g/mol. The summed E-state index contributed by atoms with van der Waals surface area (Å²) in [7, 11) is 0. The van der Waals surface area contributed by atoms with Crippen molar-refractivity contribution in [2.24, 2.45) is 0 Å². The maximum absolute atomic E-state index is 9.74. The number of aliphatic hydroxyl groups excluding tert-OH is 1. The molecule has 2 nitrogen and oxygen atoms in total. The molecular weight excluding hydrogens is 370 g/mol. The Morgan fingerprint density at radius 2 is 1.42 bits per heavy atom. The molecule has 19 heavy (non-hydrogen) atoms. The van der Waals surface area contributed by atoms with Gasteiger partial charge < -0.3 is 10.4 Å². The van der Waals surface area contributed by atoms with Crippen LogP contribution in [-0.2, 0) is 5.54 Å². The summed E-state index contributed by atoms with van der Waals surface area (Å²) in [6.07, 6.45) is 0. The fourth-order valence-electron chi connectivity index (χ4n) is 1.87. The fraction of sp³-hybridized carbons (Fsp3) is 0.200. The standard InChI is InChI=1S/C15H15Br2NO/c1-15(10-19,11-2-4-12(16)5-3-11)18-14-8-6-13(17)7-9-14/h2-9,18-19H,10H2,1H3. The summed E-state index contributed by atoms with van der Waals surface area (Å²) < 4.78 is 2.06. The lowest BCUT2D eigenvalue weighted by atomic mass is 9.92. The molecule has 0 saturated heterocycles. The third-order valence-corrected chi connectivity index (χ3v) is 4.12. The molecule has 0 aromatic heterocycles. The number of hydrogen-bond acceptors (Lipinski definition) is 2. The first-order valence-corrected chi connectivity index (χ1v) is 7.53. The van der Waals surface area contributed by atoms with Crippen molar-refractivity contribution >= 4 is 37.5 Å². The molecule has 0 aliphatic carbocycles. The van der Waals surface area contributed by atoms with Gasteiger partial charge in [0.2, 0.25) is 0 Å². The predicted molar refractivity (Wildman–Crippen MR) is 86.3 cm³/mol. The predicted octanol–water partition coefficient (Wildman–Crippen LogP) is 4.53. The van der Waals surface area contributed by atoms with Gasteiger partial charge in [0.15, 0.2) is 0 Å². The fourth-order valence-corrected chi connectivity index (χ4v) is 2.40. The second-order valence-electron chi connectivity index (χ2n) is 4.63. The minimum Gasteiger partial charge on any atom is -0.394 e. The van der Waals surface area contributed by atoms with Crippen molar-refractivity contribution < 1.29 is 5.11 Å². The summed E-state index contributed by atoms with van der Waals surface area (Å²) in [6, 6.07) is 15.9.